The summed E-state index contributed by atoms with van der Waals surface area (Å²) in [6.07, 6.45) is 0.708. The van der Waals surface area contributed by atoms with Gasteiger partial charge in [-0.2, -0.15) is 0 Å². The van der Waals surface area contributed by atoms with Crippen LogP contribution in [0.25, 0.3) is 0 Å². The molecule has 1 aromatic rings. The zero-order valence-electron chi connectivity index (χ0n) is 10.1. The third kappa shape index (κ3) is 3.46. The number of halogens is 1. The number of rotatable bonds is 4. The molecule has 1 saturated heterocycles. The first-order valence-corrected chi connectivity index (χ1v) is 8.38. The molecule has 0 bridgehead atoms. The Balaban J connectivity index is 1.93. The van der Waals surface area contributed by atoms with E-state index in [1.54, 1.807) is 7.11 Å². The van der Waals surface area contributed by atoms with Gasteiger partial charge < -0.3 is 10.1 Å². The molecule has 1 aliphatic rings. The molecule has 0 aromatic heterocycles. The molecular weight excluding hydrogens is 318 g/mol. The van der Waals surface area contributed by atoms with Crippen LogP contribution in [0.3, 0.4) is 0 Å². The summed E-state index contributed by atoms with van der Waals surface area (Å²) in [5.74, 6) is 1.35. The van der Waals surface area contributed by atoms with Gasteiger partial charge in [0.15, 0.2) is 9.84 Å². The molecule has 4 nitrogen and oxygen atoms in total. The quantitative estimate of drug-likeness (QED) is 0.911. The minimum Gasteiger partial charge on any atom is -0.496 e. The van der Waals surface area contributed by atoms with Crippen molar-refractivity contribution in [1.29, 1.82) is 0 Å². The zero-order chi connectivity index (χ0) is 13.2. The maximum atomic E-state index is 11.3. The maximum absolute atomic E-state index is 11.3. The van der Waals surface area contributed by atoms with Crippen LogP contribution in [-0.2, 0) is 16.4 Å². The molecule has 1 aromatic carbocycles. The lowest BCUT2D eigenvalue weighted by Gasteiger charge is -2.11. The van der Waals surface area contributed by atoms with Crippen LogP contribution in [0.1, 0.15) is 12.0 Å². The molecule has 100 valence electrons. The highest BCUT2D eigenvalue weighted by molar-refractivity contribution is 9.10. The van der Waals surface area contributed by atoms with Crippen molar-refractivity contribution in [2.75, 3.05) is 18.6 Å². The Labute approximate surface area is 116 Å². The van der Waals surface area contributed by atoms with Gasteiger partial charge >= 0.3 is 0 Å². The molecule has 1 fully saturated rings. The van der Waals surface area contributed by atoms with Crippen LogP contribution < -0.4 is 10.1 Å². The topological polar surface area (TPSA) is 55.4 Å². The smallest absolute Gasteiger partial charge is 0.151 e. The van der Waals surface area contributed by atoms with Gasteiger partial charge in [0.05, 0.1) is 23.1 Å². The summed E-state index contributed by atoms with van der Waals surface area (Å²) < 4.78 is 28.7. The van der Waals surface area contributed by atoms with Gasteiger partial charge in [0.2, 0.25) is 0 Å². The van der Waals surface area contributed by atoms with E-state index in [4.69, 9.17) is 4.74 Å². The normalized spacial score (nSPS) is 22.0. The van der Waals surface area contributed by atoms with Crippen molar-refractivity contribution >= 4 is 25.8 Å². The highest BCUT2D eigenvalue weighted by Gasteiger charge is 2.27. The van der Waals surface area contributed by atoms with Crippen molar-refractivity contribution in [1.82, 2.24) is 5.32 Å². The Bertz CT molecular complexity index is 530. The van der Waals surface area contributed by atoms with Crippen LogP contribution in [0.5, 0.6) is 5.75 Å². The van der Waals surface area contributed by atoms with Crippen molar-refractivity contribution in [3.8, 4) is 5.75 Å². The predicted molar refractivity (Wildman–Crippen MR) is 74.6 cm³/mol. The molecule has 1 N–H and O–H groups in total. The summed E-state index contributed by atoms with van der Waals surface area (Å²) in [6.45, 7) is 0.669. The van der Waals surface area contributed by atoms with E-state index in [9.17, 15) is 8.42 Å². The zero-order valence-corrected chi connectivity index (χ0v) is 12.6. The summed E-state index contributed by atoms with van der Waals surface area (Å²) in [4.78, 5) is 0. The second-order valence-corrected chi connectivity index (χ2v) is 7.53. The van der Waals surface area contributed by atoms with Gasteiger partial charge in [-0.25, -0.2) is 8.42 Å². The average Bonchev–Trinajstić information content (AvgIpc) is 2.66. The number of hydrogen-bond acceptors (Lipinski definition) is 4. The van der Waals surface area contributed by atoms with Crippen molar-refractivity contribution in [2.24, 2.45) is 0 Å². The van der Waals surface area contributed by atoms with Gasteiger partial charge in [0.25, 0.3) is 0 Å². The van der Waals surface area contributed by atoms with Crippen molar-refractivity contribution < 1.29 is 13.2 Å². The van der Waals surface area contributed by atoms with Gasteiger partial charge in [-0.3, -0.25) is 0 Å². The fourth-order valence-corrected chi connectivity index (χ4v) is 4.33. The molecule has 1 heterocycles. The van der Waals surface area contributed by atoms with Crippen molar-refractivity contribution in [3.05, 3.63) is 28.2 Å². The first-order valence-electron chi connectivity index (χ1n) is 5.76. The predicted octanol–water partition coefficient (Wildman–Crippen LogP) is 1.73. The highest BCUT2D eigenvalue weighted by atomic mass is 79.9. The van der Waals surface area contributed by atoms with E-state index in [-0.39, 0.29) is 11.8 Å². The average molecular weight is 334 g/mol. The molecule has 6 heteroatoms. The van der Waals surface area contributed by atoms with Crippen LogP contribution in [0.2, 0.25) is 0 Å². The summed E-state index contributed by atoms with van der Waals surface area (Å²) in [5, 5.41) is 3.28. The molecule has 0 aliphatic carbocycles. The van der Waals surface area contributed by atoms with E-state index < -0.39 is 9.84 Å². The molecular formula is C12H16BrNO3S. The molecule has 1 aliphatic heterocycles. The minimum absolute atomic E-state index is 0.0795. The second kappa shape index (κ2) is 5.59. The van der Waals surface area contributed by atoms with Crippen LogP contribution >= 0.6 is 15.9 Å². The van der Waals surface area contributed by atoms with E-state index in [0.29, 0.717) is 18.7 Å². The van der Waals surface area contributed by atoms with Crippen LogP contribution in [0, 0.1) is 0 Å². The summed E-state index contributed by atoms with van der Waals surface area (Å²) in [6, 6.07) is 5.93. The first kappa shape index (κ1) is 13.8. The fraction of sp³-hybridized carbons (Fsp3) is 0.500. The minimum atomic E-state index is -2.81. The SMILES string of the molecule is COc1ccc(CNC2CCS(=O)(=O)C2)cc1Br. The molecule has 0 amide bonds. The second-order valence-electron chi connectivity index (χ2n) is 4.45. The number of nitrogens with one attached hydrogen (secondary N) is 1. The van der Waals surface area contributed by atoms with Gasteiger partial charge in [-0.15, -0.1) is 0 Å². The third-order valence-electron chi connectivity index (χ3n) is 3.04. The standard InChI is InChI=1S/C12H16BrNO3S/c1-17-12-3-2-9(6-11(12)13)7-14-10-4-5-18(15,16)8-10/h2-3,6,10,14H,4-5,7-8H2,1H3. The van der Waals surface area contributed by atoms with Crippen molar-refractivity contribution in [2.45, 2.75) is 19.0 Å². The number of benzene rings is 1. The summed E-state index contributed by atoms with van der Waals surface area (Å²) in [7, 11) is -1.18. The molecule has 0 radical (unpaired) electrons. The van der Waals surface area contributed by atoms with Gasteiger partial charge in [-0.1, -0.05) is 6.07 Å². The molecule has 2 rings (SSSR count). The molecule has 0 saturated carbocycles. The highest BCUT2D eigenvalue weighted by Crippen LogP contribution is 2.25. The van der Waals surface area contributed by atoms with Gasteiger partial charge in [-0.05, 0) is 40.0 Å². The van der Waals surface area contributed by atoms with E-state index in [1.807, 2.05) is 18.2 Å². The Morgan fingerprint density at radius 3 is 2.83 bits per heavy atom. The molecule has 18 heavy (non-hydrogen) atoms. The van der Waals surface area contributed by atoms with Gasteiger partial charge in [0.1, 0.15) is 5.75 Å². The summed E-state index contributed by atoms with van der Waals surface area (Å²) >= 11 is 3.43. The Morgan fingerprint density at radius 1 is 1.50 bits per heavy atom. The largest absolute Gasteiger partial charge is 0.496 e. The number of ether oxygens (including phenoxy) is 1. The lowest BCUT2D eigenvalue weighted by Crippen LogP contribution is -2.29. The number of methoxy groups -OCH3 is 1. The number of sulfone groups is 1. The monoisotopic (exact) mass is 333 g/mol. The van der Waals surface area contributed by atoms with Crippen LogP contribution in [0.15, 0.2) is 22.7 Å². The molecule has 1 atom stereocenters. The fourth-order valence-electron chi connectivity index (χ4n) is 2.04. The maximum Gasteiger partial charge on any atom is 0.151 e. The Hall–Kier alpha value is -0.590. The van der Waals surface area contributed by atoms with E-state index in [1.165, 1.54) is 0 Å². The Morgan fingerprint density at radius 2 is 2.28 bits per heavy atom. The van der Waals surface area contributed by atoms with Gasteiger partial charge in [0, 0.05) is 12.6 Å². The van der Waals surface area contributed by atoms with E-state index in [0.717, 1.165) is 15.8 Å². The lowest BCUT2D eigenvalue weighted by molar-refractivity contribution is 0.412. The van der Waals surface area contributed by atoms with Crippen LogP contribution in [0.4, 0.5) is 0 Å². The van der Waals surface area contributed by atoms with Crippen LogP contribution in [-0.4, -0.2) is 33.1 Å². The molecule has 1 unspecified atom stereocenters. The number of hydrogen-bond donors (Lipinski definition) is 1. The lowest BCUT2D eigenvalue weighted by atomic mass is 10.2. The Kier molecular flexibility index (Phi) is 4.29. The summed E-state index contributed by atoms with van der Waals surface area (Å²) in [5.41, 5.74) is 1.10. The third-order valence-corrected chi connectivity index (χ3v) is 5.43. The van der Waals surface area contributed by atoms with E-state index >= 15 is 0 Å². The van der Waals surface area contributed by atoms with E-state index in [2.05, 4.69) is 21.2 Å². The molecule has 0 spiro atoms. The van der Waals surface area contributed by atoms with Crippen molar-refractivity contribution in [3.63, 3.8) is 0 Å². The first-order chi connectivity index (χ1) is 8.50.